The minimum Gasteiger partial charge on any atom is -0.208 e. The van der Waals surface area contributed by atoms with E-state index < -0.39 is 0 Å². The van der Waals surface area contributed by atoms with E-state index in [-0.39, 0.29) is 11.8 Å². The molecule has 0 aliphatic rings. The first-order valence-corrected chi connectivity index (χ1v) is 7.23. The topological polar surface area (TPSA) is 27.7 Å². The van der Waals surface area contributed by atoms with Gasteiger partial charge in [-0.3, -0.25) is 0 Å². The van der Waals surface area contributed by atoms with Crippen molar-refractivity contribution in [2.45, 2.75) is 19.8 Å². The van der Waals surface area contributed by atoms with Crippen molar-refractivity contribution in [2.75, 3.05) is 0 Å². The third-order valence-electron chi connectivity index (χ3n) is 3.89. The van der Waals surface area contributed by atoms with Crippen molar-refractivity contribution in [3.8, 4) is 6.07 Å². The summed E-state index contributed by atoms with van der Waals surface area (Å²) in [6.07, 6.45) is 8.29. The molecule has 0 aliphatic carbocycles. The van der Waals surface area contributed by atoms with E-state index in [1.807, 2.05) is 30.9 Å². The van der Waals surface area contributed by atoms with Gasteiger partial charge in [0.1, 0.15) is 7.05 Å². The molecule has 21 heavy (non-hydrogen) atoms. The second kappa shape index (κ2) is 6.85. The van der Waals surface area contributed by atoms with Gasteiger partial charge in [-0.05, 0) is 29.5 Å². The van der Waals surface area contributed by atoms with Crippen molar-refractivity contribution in [2.24, 2.45) is 13.0 Å². The van der Waals surface area contributed by atoms with E-state index in [1.165, 1.54) is 16.7 Å². The average molecular weight is 277 g/mol. The maximum absolute atomic E-state index is 8.99. The van der Waals surface area contributed by atoms with E-state index in [2.05, 4.69) is 61.5 Å². The van der Waals surface area contributed by atoms with Crippen molar-refractivity contribution < 1.29 is 4.57 Å². The number of hydrogen-bond acceptors (Lipinski definition) is 1. The quantitative estimate of drug-likeness (QED) is 0.778. The minimum absolute atomic E-state index is 0.0384. The number of nitrogens with zero attached hydrogens (tertiary/aromatic N) is 2. The third kappa shape index (κ3) is 4.03. The highest BCUT2D eigenvalue weighted by molar-refractivity contribution is 5.69. The molecule has 0 saturated carbocycles. The Bertz CT molecular complexity index is 645. The van der Waals surface area contributed by atoms with E-state index in [0.717, 1.165) is 0 Å². The van der Waals surface area contributed by atoms with Crippen LogP contribution in [0.4, 0.5) is 0 Å². The molecule has 0 fully saturated rings. The zero-order valence-electron chi connectivity index (χ0n) is 12.8. The first-order chi connectivity index (χ1) is 10.1. The van der Waals surface area contributed by atoms with Gasteiger partial charge in [0.25, 0.3) is 0 Å². The van der Waals surface area contributed by atoms with Crippen molar-refractivity contribution in [1.82, 2.24) is 0 Å². The minimum atomic E-state index is 0.0384. The first kappa shape index (κ1) is 15.0. The lowest BCUT2D eigenvalue weighted by Gasteiger charge is -2.13. The van der Waals surface area contributed by atoms with Crippen LogP contribution in [0.25, 0.3) is 12.2 Å². The molecule has 2 unspecified atom stereocenters. The summed E-state index contributed by atoms with van der Waals surface area (Å²) >= 11 is 0. The molecule has 2 heteroatoms. The van der Waals surface area contributed by atoms with E-state index >= 15 is 0 Å². The number of pyridine rings is 1. The Hall–Kier alpha value is -2.40. The molecule has 0 amide bonds. The molecule has 106 valence electrons. The maximum atomic E-state index is 8.99. The zero-order chi connectivity index (χ0) is 15.2. The predicted molar refractivity (Wildman–Crippen MR) is 86.2 cm³/mol. The lowest BCUT2D eigenvalue weighted by atomic mass is 9.89. The second-order valence-corrected chi connectivity index (χ2v) is 5.50. The largest absolute Gasteiger partial charge is 0.208 e. The molecule has 0 bridgehead atoms. The Labute approximate surface area is 127 Å². The van der Waals surface area contributed by atoms with E-state index in [9.17, 15) is 0 Å². The molecular formula is C19H21N2+. The van der Waals surface area contributed by atoms with Crippen LogP contribution in [0.5, 0.6) is 0 Å². The van der Waals surface area contributed by atoms with Crippen molar-refractivity contribution in [3.05, 3.63) is 65.5 Å². The number of nitriles is 1. The number of benzene rings is 1. The molecule has 1 aromatic carbocycles. The van der Waals surface area contributed by atoms with Gasteiger partial charge in [-0.2, -0.15) is 5.26 Å². The van der Waals surface area contributed by atoms with E-state index in [4.69, 9.17) is 5.26 Å². The zero-order valence-corrected chi connectivity index (χ0v) is 12.8. The summed E-state index contributed by atoms with van der Waals surface area (Å²) in [4.78, 5) is 0. The lowest BCUT2D eigenvalue weighted by molar-refractivity contribution is -0.671. The Kier molecular flexibility index (Phi) is 4.90. The summed E-state index contributed by atoms with van der Waals surface area (Å²) in [5.41, 5.74) is 3.57. The van der Waals surface area contributed by atoms with Gasteiger partial charge >= 0.3 is 0 Å². The van der Waals surface area contributed by atoms with Gasteiger partial charge in [0, 0.05) is 12.1 Å². The van der Waals surface area contributed by atoms with Crippen molar-refractivity contribution >= 4 is 12.2 Å². The summed E-state index contributed by atoms with van der Waals surface area (Å²) < 4.78 is 2.02. The molecular weight excluding hydrogens is 256 g/mol. The highest BCUT2D eigenvalue weighted by Gasteiger charge is 2.12. The van der Waals surface area contributed by atoms with Gasteiger partial charge in [-0.25, -0.2) is 4.57 Å². The Morgan fingerprint density at radius 1 is 0.952 bits per heavy atom. The standard InChI is InChI=1S/C19H21N2/c1-15(14-20)16(2)19-8-6-17(7-9-19)4-5-18-10-12-21(3)13-11-18/h4-13,15-16H,1-3H3/q+1. The number of hydrogen-bond donors (Lipinski definition) is 0. The molecule has 2 rings (SSSR count). The first-order valence-electron chi connectivity index (χ1n) is 7.23. The fourth-order valence-electron chi connectivity index (χ4n) is 2.13. The van der Waals surface area contributed by atoms with Gasteiger partial charge in [0.05, 0.1) is 12.0 Å². The maximum Gasteiger partial charge on any atom is 0.169 e. The van der Waals surface area contributed by atoms with Crippen LogP contribution < -0.4 is 4.57 Å². The highest BCUT2D eigenvalue weighted by Crippen LogP contribution is 2.24. The van der Waals surface area contributed by atoms with Gasteiger partial charge in [-0.1, -0.05) is 43.3 Å². The van der Waals surface area contributed by atoms with Crippen molar-refractivity contribution in [1.29, 1.82) is 5.26 Å². The SMILES string of the molecule is CC(C#N)C(C)c1ccc(C=Cc2cc[n+](C)cc2)cc1. The van der Waals surface area contributed by atoms with Gasteiger partial charge < -0.3 is 0 Å². The van der Waals surface area contributed by atoms with Gasteiger partial charge in [-0.15, -0.1) is 0 Å². The van der Waals surface area contributed by atoms with Crippen molar-refractivity contribution in [3.63, 3.8) is 0 Å². The average Bonchev–Trinajstić information content (AvgIpc) is 2.53. The molecule has 0 spiro atoms. The Morgan fingerprint density at radius 2 is 1.48 bits per heavy atom. The van der Waals surface area contributed by atoms with Gasteiger partial charge in [0.2, 0.25) is 0 Å². The molecule has 0 saturated heterocycles. The summed E-state index contributed by atoms with van der Waals surface area (Å²) in [7, 11) is 2.01. The fraction of sp³-hybridized carbons (Fsp3) is 0.263. The molecule has 0 N–H and O–H groups in total. The normalized spacial score (nSPS) is 13.8. The van der Waals surface area contributed by atoms with Crippen LogP contribution in [-0.4, -0.2) is 0 Å². The lowest BCUT2D eigenvalue weighted by Crippen LogP contribution is -2.25. The summed E-state index contributed by atoms with van der Waals surface area (Å²) in [6, 6.07) is 14.9. The monoisotopic (exact) mass is 277 g/mol. The number of aryl methyl sites for hydroxylation is 1. The molecule has 2 aromatic rings. The van der Waals surface area contributed by atoms with Crippen LogP contribution in [0, 0.1) is 17.2 Å². The van der Waals surface area contributed by atoms with Crippen LogP contribution in [0.15, 0.2) is 48.8 Å². The highest BCUT2D eigenvalue weighted by atomic mass is 14.9. The molecule has 1 aromatic heterocycles. The van der Waals surface area contributed by atoms with Crippen LogP contribution in [0.1, 0.15) is 36.5 Å². The molecule has 0 aliphatic heterocycles. The predicted octanol–water partition coefficient (Wildman–Crippen LogP) is 3.94. The van der Waals surface area contributed by atoms with Crippen LogP contribution >= 0.6 is 0 Å². The van der Waals surface area contributed by atoms with Crippen LogP contribution in [0.2, 0.25) is 0 Å². The smallest absolute Gasteiger partial charge is 0.169 e. The summed E-state index contributed by atoms with van der Waals surface area (Å²) in [5, 5.41) is 8.99. The summed E-state index contributed by atoms with van der Waals surface area (Å²) in [6.45, 7) is 4.07. The fourth-order valence-corrected chi connectivity index (χ4v) is 2.13. The molecule has 1 heterocycles. The molecule has 0 radical (unpaired) electrons. The Morgan fingerprint density at radius 3 is 2.00 bits per heavy atom. The number of rotatable bonds is 4. The molecule has 2 nitrogen and oxygen atoms in total. The third-order valence-corrected chi connectivity index (χ3v) is 3.89. The van der Waals surface area contributed by atoms with E-state index in [0.29, 0.717) is 0 Å². The summed E-state index contributed by atoms with van der Waals surface area (Å²) in [5.74, 6) is 0.304. The van der Waals surface area contributed by atoms with E-state index in [1.54, 1.807) is 0 Å². The number of aromatic nitrogens is 1. The molecule has 2 atom stereocenters. The van der Waals surface area contributed by atoms with Crippen LogP contribution in [0.3, 0.4) is 0 Å². The van der Waals surface area contributed by atoms with Crippen LogP contribution in [-0.2, 0) is 7.05 Å². The van der Waals surface area contributed by atoms with Gasteiger partial charge in [0.15, 0.2) is 12.4 Å². The second-order valence-electron chi connectivity index (χ2n) is 5.50. The Balaban J connectivity index is 2.09.